The highest BCUT2D eigenvalue weighted by atomic mass is 16.4. The molecule has 1 aromatic rings. The summed E-state index contributed by atoms with van der Waals surface area (Å²) in [5, 5.41) is 8.37. The maximum atomic E-state index is 5.81. The van der Waals surface area contributed by atoms with Gasteiger partial charge in [-0.3, -0.25) is 0 Å². The van der Waals surface area contributed by atoms with E-state index < -0.39 is 0 Å². The summed E-state index contributed by atoms with van der Waals surface area (Å²) in [5.41, 5.74) is 5.59. The minimum absolute atomic E-state index is 0.0109. The first kappa shape index (κ1) is 12.8. The molecule has 1 heterocycles. The highest BCUT2D eigenvalue weighted by Crippen LogP contribution is 2.60. The fourth-order valence-corrected chi connectivity index (χ4v) is 5.84. The molecule has 4 fully saturated rings. The van der Waals surface area contributed by atoms with Crippen LogP contribution in [0.4, 0.5) is 0 Å². The van der Waals surface area contributed by atoms with Crippen LogP contribution in [-0.2, 0) is 12.0 Å². The summed E-state index contributed by atoms with van der Waals surface area (Å²) in [6.45, 7) is 4.94. The van der Waals surface area contributed by atoms with Gasteiger partial charge in [0.1, 0.15) is 0 Å². The summed E-state index contributed by atoms with van der Waals surface area (Å²) in [6.07, 6.45) is 7.22. The molecule has 0 unspecified atom stereocenters. The van der Waals surface area contributed by atoms with Crippen LogP contribution in [0.25, 0.3) is 0 Å². The molecule has 4 nitrogen and oxygen atoms in total. The summed E-state index contributed by atoms with van der Waals surface area (Å²) >= 11 is 0. The van der Waals surface area contributed by atoms with Crippen molar-refractivity contribution in [1.29, 1.82) is 0 Å². The van der Waals surface area contributed by atoms with Crippen molar-refractivity contribution in [3.63, 3.8) is 0 Å². The van der Waals surface area contributed by atoms with Gasteiger partial charge in [-0.25, -0.2) is 0 Å². The average Bonchev–Trinajstić information content (AvgIpc) is 2.86. The highest BCUT2D eigenvalue weighted by molar-refractivity contribution is 5.11. The minimum Gasteiger partial charge on any atom is -0.423 e. The van der Waals surface area contributed by atoms with Gasteiger partial charge in [0.05, 0.1) is 6.54 Å². The first-order valence-electron chi connectivity index (χ1n) is 8.11. The third-order valence-electron chi connectivity index (χ3n) is 6.25. The van der Waals surface area contributed by atoms with Gasteiger partial charge in [-0.1, -0.05) is 13.8 Å². The Balaban J connectivity index is 1.65. The molecule has 0 saturated heterocycles. The average molecular weight is 275 g/mol. The minimum atomic E-state index is -0.0109. The molecular weight excluding hydrogens is 250 g/mol. The molecule has 5 rings (SSSR count). The standard InChI is InChI=1S/C16H25N3O/c1-16(2,15-19-18-13(8-17)20-15)14-11-4-9-3-10(6-11)7-12(14)5-9/h9-12,14H,3-8,17H2,1-2H3. The predicted molar refractivity (Wildman–Crippen MR) is 75.8 cm³/mol. The Bertz CT molecular complexity index is 480. The van der Waals surface area contributed by atoms with Gasteiger partial charge in [0.25, 0.3) is 0 Å². The summed E-state index contributed by atoms with van der Waals surface area (Å²) in [7, 11) is 0. The van der Waals surface area contributed by atoms with Crippen LogP contribution in [0.15, 0.2) is 4.42 Å². The molecule has 0 spiro atoms. The number of rotatable bonds is 3. The van der Waals surface area contributed by atoms with Gasteiger partial charge in [0.15, 0.2) is 0 Å². The summed E-state index contributed by atoms with van der Waals surface area (Å²) in [5.74, 6) is 5.83. The molecule has 110 valence electrons. The van der Waals surface area contributed by atoms with E-state index in [2.05, 4.69) is 24.0 Å². The van der Waals surface area contributed by atoms with Gasteiger partial charge in [0, 0.05) is 5.41 Å². The van der Waals surface area contributed by atoms with Gasteiger partial charge in [-0.05, 0) is 61.7 Å². The topological polar surface area (TPSA) is 64.9 Å². The number of hydrogen-bond acceptors (Lipinski definition) is 4. The van der Waals surface area contributed by atoms with E-state index >= 15 is 0 Å². The lowest BCUT2D eigenvalue weighted by Crippen LogP contribution is -2.51. The van der Waals surface area contributed by atoms with Crippen molar-refractivity contribution in [2.24, 2.45) is 35.3 Å². The normalized spacial score (nSPS) is 39.5. The molecule has 0 aliphatic heterocycles. The van der Waals surface area contributed by atoms with Crippen molar-refractivity contribution in [3.8, 4) is 0 Å². The van der Waals surface area contributed by atoms with Crippen LogP contribution in [0, 0.1) is 29.6 Å². The second-order valence-electron chi connectivity index (χ2n) is 7.88. The lowest BCUT2D eigenvalue weighted by atomic mass is 9.47. The summed E-state index contributed by atoms with van der Waals surface area (Å²) in [4.78, 5) is 0. The van der Waals surface area contributed by atoms with Crippen LogP contribution in [0.3, 0.4) is 0 Å². The smallest absolute Gasteiger partial charge is 0.230 e. The summed E-state index contributed by atoms with van der Waals surface area (Å²) in [6, 6.07) is 0. The number of nitrogens with zero attached hydrogens (tertiary/aromatic N) is 2. The van der Waals surface area contributed by atoms with Gasteiger partial charge < -0.3 is 10.2 Å². The van der Waals surface area contributed by atoms with E-state index in [-0.39, 0.29) is 5.41 Å². The monoisotopic (exact) mass is 275 g/mol. The van der Waals surface area contributed by atoms with E-state index in [1.54, 1.807) is 0 Å². The molecule has 4 aliphatic carbocycles. The van der Waals surface area contributed by atoms with Crippen molar-refractivity contribution in [2.75, 3.05) is 0 Å². The van der Waals surface area contributed by atoms with Crippen molar-refractivity contribution >= 4 is 0 Å². The summed E-state index contributed by atoms with van der Waals surface area (Å²) < 4.78 is 5.81. The Morgan fingerprint density at radius 3 is 2.15 bits per heavy atom. The third-order valence-corrected chi connectivity index (χ3v) is 6.25. The first-order chi connectivity index (χ1) is 9.57. The molecule has 4 bridgehead atoms. The SMILES string of the molecule is CC(C)(c1nnc(CN)o1)C1C2CC3CC(C2)CC1C3. The molecule has 0 radical (unpaired) electrons. The van der Waals surface area contributed by atoms with Crippen molar-refractivity contribution in [3.05, 3.63) is 11.8 Å². The van der Waals surface area contributed by atoms with Crippen LogP contribution >= 0.6 is 0 Å². The number of aromatic nitrogens is 2. The lowest BCUT2D eigenvalue weighted by Gasteiger charge is -2.58. The van der Waals surface area contributed by atoms with Gasteiger partial charge in [-0.15, -0.1) is 10.2 Å². The second kappa shape index (κ2) is 4.30. The fraction of sp³-hybridized carbons (Fsp3) is 0.875. The molecule has 4 heteroatoms. The highest BCUT2D eigenvalue weighted by Gasteiger charge is 2.54. The quantitative estimate of drug-likeness (QED) is 0.921. The van der Waals surface area contributed by atoms with Gasteiger partial charge in [0.2, 0.25) is 11.8 Å². The van der Waals surface area contributed by atoms with Gasteiger partial charge >= 0.3 is 0 Å². The van der Waals surface area contributed by atoms with E-state index in [0.29, 0.717) is 18.4 Å². The third kappa shape index (κ3) is 1.77. The Hall–Kier alpha value is -0.900. The van der Waals surface area contributed by atoms with Crippen molar-refractivity contribution in [2.45, 2.75) is 57.9 Å². The van der Waals surface area contributed by atoms with E-state index in [9.17, 15) is 0 Å². The molecule has 0 aromatic carbocycles. The Labute approximate surface area is 120 Å². The Morgan fingerprint density at radius 1 is 1.05 bits per heavy atom. The van der Waals surface area contributed by atoms with Crippen molar-refractivity contribution < 1.29 is 4.42 Å². The zero-order chi connectivity index (χ0) is 13.9. The second-order valence-corrected chi connectivity index (χ2v) is 7.88. The van der Waals surface area contributed by atoms with E-state index in [1.165, 1.54) is 32.1 Å². The van der Waals surface area contributed by atoms with Gasteiger partial charge in [-0.2, -0.15) is 0 Å². The Kier molecular flexibility index (Phi) is 2.75. The lowest BCUT2D eigenvalue weighted by molar-refractivity contribution is -0.0700. The molecule has 2 N–H and O–H groups in total. The zero-order valence-corrected chi connectivity index (χ0v) is 12.5. The van der Waals surface area contributed by atoms with E-state index in [1.807, 2.05) is 0 Å². The van der Waals surface area contributed by atoms with Crippen LogP contribution in [0.1, 0.15) is 57.7 Å². The molecule has 20 heavy (non-hydrogen) atoms. The Morgan fingerprint density at radius 2 is 1.65 bits per heavy atom. The number of nitrogens with two attached hydrogens (primary N) is 1. The van der Waals surface area contributed by atoms with E-state index in [4.69, 9.17) is 10.2 Å². The molecule has 4 aliphatic rings. The van der Waals surface area contributed by atoms with Crippen LogP contribution in [0.5, 0.6) is 0 Å². The fourth-order valence-electron chi connectivity index (χ4n) is 5.84. The maximum Gasteiger partial charge on any atom is 0.230 e. The maximum absolute atomic E-state index is 5.81. The molecule has 1 aromatic heterocycles. The molecular formula is C16H25N3O. The van der Waals surface area contributed by atoms with E-state index in [0.717, 1.165) is 29.6 Å². The van der Waals surface area contributed by atoms with Crippen molar-refractivity contribution in [1.82, 2.24) is 10.2 Å². The number of hydrogen-bond donors (Lipinski definition) is 1. The molecule has 0 amide bonds. The first-order valence-corrected chi connectivity index (χ1v) is 8.11. The molecule has 4 saturated carbocycles. The van der Waals surface area contributed by atoms with Crippen LogP contribution in [-0.4, -0.2) is 10.2 Å². The zero-order valence-electron chi connectivity index (χ0n) is 12.5. The van der Waals surface area contributed by atoms with Crippen LogP contribution < -0.4 is 5.73 Å². The predicted octanol–water partition coefficient (Wildman–Crippen LogP) is 2.88. The molecule has 0 atom stereocenters. The largest absolute Gasteiger partial charge is 0.423 e. The van der Waals surface area contributed by atoms with Crippen LogP contribution in [0.2, 0.25) is 0 Å².